The molecule has 0 atom stereocenters. The van der Waals surface area contributed by atoms with Crippen molar-refractivity contribution in [2.24, 2.45) is 0 Å². The highest BCUT2D eigenvalue weighted by atomic mass is 32.2. The summed E-state index contributed by atoms with van der Waals surface area (Å²) in [6.07, 6.45) is 4.93. The smallest absolute Gasteiger partial charge is 0.240 e. The highest BCUT2D eigenvalue weighted by Gasteiger charge is 2.18. The second-order valence-electron chi connectivity index (χ2n) is 5.99. The van der Waals surface area contributed by atoms with Gasteiger partial charge in [-0.15, -0.1) is 10.2 Å². The maximum absolute atomic E-state index is 14.0. The lowest BCUT2D eigenvalue weighted by atomic mass is 10.1. The SMILES string of the molecule is O=S(=O)(NCc1ccnc(-c2cccnc2)c1)c1ccc(F)c(-c2nn[nH]n2)c1. The van der Waals surface area contributed by atoms with Crippen LogP contribution in [0.25, 0.3) is 22.6 Å². The molecule has 0 unspecified atom stereocenters. The predicted octanol–water partition coefficient (Wildman–Crippen LogP) is 1.94. The number of tetrazole rings is 1. The molecular formula is C18H14FN7O2S. The van der Waals surface area contributed by atoms with E-state index in [0.717, 1.165) is 17.7 Å². The van der Waals surface area contributed by atoms with E-state index in [1.807, 2.05) is 6.07 Å². The van der Waals surface area contributed by atoms with Crippen LogP contribution >= 0.6 is 0 Å². The van der Waals surface area contributed by atoms with Gasteiger partial charge in [-0.3, -0.25) is 9.97 Å². The van der Waals surface area contributed by atoms with Gasteiger partial charge in [0.2, 0.25) is 15.8 Å². The molecule has 0 bridgehead atoms. The molecule has 0 aliphatic rings. The van der Waals surface area contributed by atoms with Crippen molar-refractivity contribution >= 4 is 10.0 Å². The van der Waals surface area contributed by atoms with E-state index in [2.05, 4.69) is 35.3 Å². The average Bonchev–Trinajstić information content (AvgIpc) is 3.28. The minimum Gasteiger partial charge on any atom is -0.264 e. The summed E-state index contributed by atoms with van der Waals surface area (Å²) in [6, 6.07) is 10.5. The van der Waals surface area contributed by atoms with Gasteiger partial charge in [-0.2, -0.15) is 5.21 Å². The van der Waals surface area contributed by atoms with Gasteiger partial charge in [0.05, 0.1) is 16.2 Å². The van der Waals surface area contributed by atoms with Crippen molar-refractivity contribution in [1.82, 2.24) is 35.3 Å². The van der Waals surface area contributed by atoms with E-state index >= 15 is 0 Å². The molecule has 9 nitrogen and oxygen atoms in total. The number of nitrogens with zero attached hydrogens (tertiary/aromatic N) is 5. The van der Waals surface area contributed by atoms with Gasteiger partial charge in [0.25, 0.3) is 0 Å². The zero-order valence-corrected chi connectivity index (χ0v) is 15.6. The summed E-state index contributed by atoms with van der Waals surface area (Å²) >= 11 is 0. The van der Waals surface area contributed by atoms with E-state index in [0.29, 0.717) is 11.3 Å². The molecule has 4 aromatic rings. The summed E-state index contributed by atoms with van der Waals surface area (Å²) in [5, 5.41) is 12.9. The lowest BCUT2D eigenvalue weighted by Crippen LogP contribution is -2.23. The first kappa shape index (κ1) is 18.8. The Labute approximate surface area is 165 Å². The number of sulfonamides is 1. The first-order chi connectivity index (χ1) is 14.0. The van der Waals surface area contributed by atoms with Crippen LogP contribution in [-0.2, 0) is 16.6 Å². The Kier molecular flexibility index (Phi) is 5.06. The van der Waals surface area contributed by atoms with Gasteiger partial charge < -0.3 is 0 Å². The van der Waals surface area contributed by atoms with E-state index in [4.69, 9.17) is 0 Å². The zero-order valence-electron chi connectivity index (χ0n) is 14.8. The van der Waals surface area contributed by atoms with Crippen molar-refractivity contribution in [3.8, 4) is 22.6 Å². The van der Waals surface area contributed by atoms with Gasteiger partial charge in [-0.1, -0.05) is 0 Å². The lowest BCUT2D eigenvalue weighted by molar-refractivity contribution is 0.580. The van der Waals surface area contributed by atoms with Crippen LogP contribution < -0.4 is 4.72 Å². The van der Waals surface area contributed by atoms with Crippen LogP contribution in [0, 0.1) is 5.82 Å². The second kappa shape index (κ2) is 7.81. The molecule has 3 aromatic heterocycles. The van der Waals surface area contributed by atoms with Gasteiger partial charge in [0.15, 0.2) is 0 Å². The Morgan fingerprint density at radius 1 is 1.10 bits per heavy atom. The van der Waals surface area contributed by atoms with Gasteiger partial charge >= 0.3 is 0 Å². The molecule has 2 N–H and O–H groups in total. The fourth-order valence-electron chi connectivity index (χ4n) is 2.64. The molecule has 29 heavy (non-hydrogen) atoms. The summed E-state index contributed by atoms with van der Waals surface area (Å²) in [6.45, 7) is 0.0348. The van der Waals surface area contributed by atoms with Crippen LogP contribution in [0.15, 0.2) is 66.0 Å². The topological polar surface area (TPSA) is 126 Å². The number of rotatable bonds is 6. The molecule has 0 saturated carbocycles. The third-order valence-electron chi connectivity index (χ3n) is 4.08. The summed E-state index contributed by atoms with van der Waals surface area (Å²) < 4.78 is 41.9. The molecule has 0 aliphatic carbocycles. The molecule has 0 saturated heterocycles. The van der Waals surface area contributed by atoms with Crippen LogP contribution in [0.4, 0.5) is 4.39 Å². The number of nitrogens with one attached hydrogen (secondary N) is 2. The number of H-pyrrole nitrogens is 1. The fraction of sp³-hybridized carbons (Fsp3) is 0.0556. The minimum absolute atomic E-state index is 0.0326. The quantitative estimate of drug-likeness (QED) is 0.496. The number of halogens is 1. The number of pyridine rings is 2. The summed E-state index contributed by atoms with van der Waals surface area (Å²) in [5.41, 5.74) is 2.14. The van der Waals surface area contributed by atoms with Crippen LogP contribution in [0.3, 0.4) is 0 Å². The van der Waals surface area contributed by atoms with Crippen LogP contribution in [0.1, 0.15) is 5.56 Å². The Balaban J connectivity index is 1.55. The van der Waals surface area contributed by atoms with Crippen molar-refractivity contribution < 1.29 is 12.8 Å². The molecular weight excluding hydrogens is 397 g/mol. The summed E-state index contributed by atoms with van der Waals surface area (Å²) in [4.78, 5) is 8.22. The zero-order chi connectivity index (χ0) is 20.3. The maximum Gasteiger partial charge on any atom is 0.240 e. The Bertz CT molecular complexity index is 1230. The molecule has 11 heteroatoms. The maximum atomic E-state index is 14.0. The molecule has 146 valence electrons. The number of hydrogen-bond acceptors (Lipinski definition) is 7. The van der Waals surface area contributed by atoms with Crippen LogP contribution in [-0.4, -0.2) is 39.0 Å². The van der Waals surface area contributed by atoms with E-state index in [-0.39, 0.29) is 22.8 Å². The molecule has 1 aromatic carbocycles. The normalized spacial score (nSPS) is 11.5. The molecule has 0 amide bonds. The van der Waals surface area contributed by atoms with Crippen molar-refractivity contribution in [1.29, 1.82) is 0 Å². The van der Waals surface area contributed by atoms with E-state index in [9.17, 15) is 12.8 Å². The predicted molar refractivity (Wildman–Crippen MR) is 101 cm³/mol. The Morgan fingerprint density at radius 3 is 2.76 bits per heavy atom. The third-order valence-corrected chi connectivity index (χ3v) is 5.48. The molecule has 0 fully saturated rings. The van der Waals surface area contributed by atoms with Crippen molar-refractivity contribution in [2.45, 2.75) is 11.4 Å². The molecule has 4 rings (SSSR count). The lowest BCUT2D eigenvalue weighted by Gasteiger charge is -2.09. The second-order valence-corrected chi connectivity index (χ2v) is 7.76. The van der Waals surface area contributed by atoms with Gasteiger partial charge in [0.1, 0.15) is 5.82 Å². The fourth-order valence-corrected chi connectivity index (χ4v) is 3.68. The standard InChI is InChI=1S/C18H14FN7O2S/c19-16-4-3-14(9-15(16)18-23-25-26-24-18)29(27,28)22-10-12-5-7-21-17(8-12)13-2-1-6-20-11-13/h1-9,11,22H,10H2,(H,23,24,25,26). The van der Waals surface area contributed by atoms with Gasteiger partial charge in [0, 0.05) is 30.7 Å². The first-order valence-corrected chi connectivity index (χ1v) is 9.89. The van der Waals surface area contributed by atoms with Crippen molar-refractivity contribution in [3.63, 3.8) is 0 Å². The molecule has 0 aliphatic heterocycles. The van der Waals surface area contributed by atoms with Crippen LogP contribution in [0.5, 0.6) is 0 Å². The largest absolute Gasteiger partial charge is 0.264 e. The van der Waals surface area contributed by atoms with Gasteiger partial charge in [-0.25, -0.2) is 17.5 Å². The van der Waals surface area contributed by atoms with E-state index < -0.39 is 15.8 Å². The summed E-state index contributed by atoms with van der Waals surface area (Å²) in [5.74, 6) is -0.685. The number of benzene rings is 1. The monoisotopic (exact) mass is 411 g/mol. The Hall–Kier alpha value is -3.57. The average molecular weight is 411 g/mol. The van der Waals surface area contributed by atoms with Crippen molar-refractivity contribution in [2.75, 3.05) is 0 Å². The first-order valence-electron chi connectivity index (χ1n) is 8.41. The number of hydrogen-bond donors (Lipinski definition) is 2. The summed E-state index contributed by atoms with van der Waals surface area (Å²) in [7, 11) is -3.90. The molecule has 0 radical (unpaired) electrons. The van der Waals surface area contributed by atoms with Crippen LogP contribution in [0.2, 0.25) is 0 Å². The highest BCUT2D eigenvalue weighted by molar-refractivity contribution is 7.89. The number of aromatic nitrogens is 6. The third kappa shape index (κ3) is 4.15. The molecule has 3 heterocycles. The number of aromatic amines is 1. The Morgan fingerprint density at radius 2 is 2.00 bits per heavy atom. The molecule has 0 spiro atoms. The van der Waals surface area contributed by atoms with Crippen molar-refractivity contribution in [3.05, 3.63) is 72.4 Å². The van der Waals surface area contributed by atoms with E-state index in [1.165, 1.54) is 6.07 Å². The highest BCUT2D eigenvalue weighted by Crippen LogP contribution is 2.22. The van der Waals surface area contributed by atoms with E-state index in [1.54, 1.807) is 36.8 Å². The van der Waals surface area contributed by atoms with Gasteiger partial charge in [-0.05, 0) is 53.2 Å². The minimum atomic E-state index is -3.90.